The van der Waals surface area contributed by atoms with Crippen molar-refractivity contribution in [3.63, 3.8) is 0 Å². The molecule has 0 spiro atoms. The van der Waals surface area contributed by atoms with Gasteiger partial charge in [0, 0.05) is 13.1 Å². The topological polar surface area (TPSA) is 99.1 Å². The van der Waals surface area contributed by atoms with Crippen molar-refractivity contribution >= 4 is 25.0 Å². The summed E-state index contributed by atoms with van der Waals surface area (Å²) >= 11 is 0. The molecule has 0 bridgehead atoms. The number of unbranched alkanes of at least 4 members (excludes halogenated alkanes) is 2. The van der Waals surface area contributed by atoms with E-state index in [2.05, 4.69) is 43.4 Å². The van der Waals surface area contributed by atoms with Gasteiger partial charge in [-0.25, -0.2) is 4.79 Å². The van der Waals surface area contributed by atoms with Crippen molar-refractivity contribution in [2.75, 3.05) is 26.2 Å². The molecule has 0 unspecified atom stereocenters. The van der Waals surface area contributed by atoms with E-state index in [9.17, 15) is 9.59 Å². The zero-order chi connectivity index (χ0) is 30.3. The molecule has 2 aliphatic rings. The van der Waals surface area contributed by atoms with E-state index in [1.807, 2.05) is 32.9 Å². The van der Waals surface area contributed by atoms with Crippen LogP contribution in [0.4, 0.5) is 4.79 Å². The summed E-state index contributed by atoms with van der Waals surface area (Å²) in [6.07, 6.45) is 9.07. The van der Waals surface area contributed by atoms with E-state index in [4.69, 9.17) is 14.8 Å². The third-order valence-corrected chi connectivity index (χ3v) is 7.08. The molecule has 2 aromatic carbocycles. The van der Waals surface area contributed by atoms with Crippen LogP contribution < -0.4 is 10.8 Å². The second-order valence-corrected chi connectivity index (χ2v) is 12.1. The Morgan fingerprint density at radius 3 is 1.80 bits per heavy atom. The number of amides is 1. The first kappa shape index (κ1) is 34.5. The van der Waals surface area contributed by atoms with Gasteiger partial charge in [-0.15, -0.1) is 0 Å². The molecular weight excluding hydrogens is 515 g/mol. The standard InChI is InChI=1S/C14H21N.C10H15BO2.C9H15NO3/c1-2-3-4-12-5-7-13(8-6-12)9-14-10-15-11-14;1-2-3-4-9-5-7-10(8-6-9)11(12)13;1-9(2,3)13-8(12)10-4-7(5-10)6-11/h5-8,14-15H,2-4,9-11H2,1H3;5-8,12-13H,2-4H2,1H3;6-7H,4-5H2,1-3H3. The summed E-state index contributed by atoms with van der Waals surface area (Å²) in [4.78, 5) is 23.1. The van der Waals surface area contributed by atoms with Crippen LogP contribution in [0.2, 0.25) is 0 Å². The van der Waals surface area contributed by atoms with Gasteiger partial charge < -0.3 is 29.8 Å². The molecule has 41 heavy (non-hydrogen) atoms. The fraction of sp³-hybridized carbons (Fsp3) is 0.576. The highest BCUT2D eigenvalue weighted by Crippen LogP contribution is 2.18. The van der Waals surface area contributed by atoms with Crippen molar-refractivity contribution in [3.8, 4) is 0 Å². The van der Waals surface area contributed by atoms with E-state index in [0.29, 0.717) is 18.6 Å². The Labute approximate surface area is 247 Å². The number of rotatable bonds is 10. The lowest BCUT2D eigenvalue weighted by atomic mass is 9.80. The Bertz CT molecular complexity index is 1010. The fourth-order valence-electron chi connectivity index (χ4n) is 4.36. The Hall–Kier alpha value is -2.68. The smallest absolute Gasteiger partial charge is 0.444 e. The van der Waals surface area contributed by atoms with Gasteiger partial charge in [-0.3, -0.25) is 0 Å². The number of benzene rings is 2. The SMILES string of the molecule is CC(C)(C)OC(=O)N1CC(C=O)C1.CCCCc1ccc(B(O)O)cc1.CCCCc1ccc(CC2CNC2)cc1. The van der Waals surface area contributed by atoms with Gasteiger partial charge in [-0.2, -0.15) is 0 Å². The number of aldehydes is 1. The molecule has 4 rings (SSSR count). The second-order valence-electron chi connectivity index (χ2n) is 12.1. The molecule has 2 saturated heterocycles. The highest BCUT2D eigenvalue weighted by atomic mass is 16.6. The second kappa shape index (κ2) is 18.0. The molecule has 226 valence electrons. The molecule has 2 fully saturated rings. The lowest BCUT2D eigenvalue weighted by molar-refractivity contribution is -0.115. The third kappa shape index (κ3) is 13.7. The highest BCUT2D eigenvalue weighted by molar-refractivity contribution is 6.58. The van der Waals surface area contributed by atoms with Crippen LogP contribution in [-0.4, -0.2) is 66.2 Å². The number of nitrogens with one attached hydrogen (secondary N) is 1. The Morgan fingerprint density at radius 2 is 1.41 bits per heavy atom. The van der Waals surface area contributed by atoms with Crippen molar-refractivity contribution in [1.82, 2.24) is 10.2 Å². The average Bonchev–Trinajstić information content (AvgIpc) is 2.88. The summed E-state index contributed by atoms with van der Waals surface area (Å²) in [5.74, 6) is 0.888. The van der Waals surface area contributed by atoms with Crippen LogP contribution in [0.1, 0.15) is 77.0 Å². The third-order valence-electron chi connectivity index (χ3n) is 7.08. The molecule has 2 aliphatic heterocycles. The minimum absolute atomic E-state index is 0.00696. The number of carbonyl (C=O) groups excluding carboxylic acids is 2. The maximum atomic E-state index is 11.3. The van der Waals surface area contributed by atoms with Crippen LogP contribution >= 0.6 is 0 Å². The zero-order valence-corrected chi connectivity index (χ0v) is 25.8. The van der Waals surface area contributed by atoms with Gasteiger partial charge in [0.1, 0.15) is 11.9 Å². The first-order valence-electron chi connectivity index (χ1n) is 15.2. The van der Waals surface area contributed by atoms with Gasteiger partial charge in [0.05, 0.1) is 5.92 Å². The molecule has 2 aromatic rings. The summed E-state index contributed by atoms with van der Waals surface area (Å²) in [6.45, 7) is 13.3. The van der Waals surface area contributed by atoms with Crippen LogP contribution in [-0.2, 0) is 28.8 Å². The van der Waals surface area contributed by atoms with Crippen molar-refractivity contribution in [1.29, 1.82) is 0 Å². The number of hydrogen-bond donors (Lipinski definition) is 3. The van der Waals surface area contributed by atoms with E-state index in [0.717, 1.165) is 18.6 Å². The first-order valence-corrected chi connectivity index (χ1v) is 15.2. The molecule has 2 heterocycles. The van der Waals surface area contributed by atoms with E-state index in [1.54, 1.807) is 12.1 Å². The van der Waals surface area contributed by atoms with Crippen LogP contribution in [0.15, 0.2) is 48.5 Å². The van der Waals surface area contributed by atoms with Crippen molar-refractivity contribution in [2.24, 2.45) is 11.8 Å². The largest absolute Gasteiger partial charge is 0.488 e. The van der Waals surface area contributed by atoms with Crippen molar-refractivity contribution in [3.05, 3.63) is 65.2 Å². The van der Waals surface area contributed by atoms with Gasteiger partial charge in [-0.1, -0.05) is 75.2 Å². The maximum absolute atomic E-state index is 11.3. The van der Waals surface area contributed by atoms with E-state index in [1.165, 1.54) is 73.2 Å². The number of carbonyl (C=O) groups is 2. The molecule has 1 amide bonds. The zero-order valence-electron chi connectivity index (χ0n) is 25.8. The minimum Gasteiger partial charge on any atom is -0.444 e. The van der Waals surface area contributed by atoms with Gasteiger partial charge in [0.2, 0.25) is 0 Å². The lowest BCUT2D eigenvalue weighted by Crippen LogP contribution is -2.52. The average molecular weight is 567 g/mol. The van der Waals surface area contributed by atoms with Gasteiger partial charge in [-0.05, 0) is 94.0 Å². The Kier molecular flexibility index (Phi) is 15.1. The maximum Gasteiger partial charge on any atom is 0.488 e. The molecule has 0 aliphatic carbocycles. The summed E-state index contributed by atoms with van der Waals surface area (Å²) in [5, 5.41) is 21.0. The van der Waals surface area contributed by atoms with E-state index in [-0.39, 0.29) is 12.0 Å². The molecule has 0 saturated carbocycles. The summed E-state index contributed by atoms with van der Waals surface area (Å²) < 4.78 is 5.11. The Morgan fingerprint density at radius 1 is 0.927 bits per heavy atom. The number of aryl methyl sites for hydroxylation is 2. The molecule has 0 atom stereocenters. The number of nitrogens with zero attached hydrogens (tertiary/aromatic N) is 1. The fourth-order valence-corrected chi connectivity index (χ4v) is 4.36. The first-order chi connectivity index (χ1) is 19.5. The number of hydrogen-bond acceptors (Lipinski definition) is 6. The summed E-state index contributed by atoms with van der Waals surface area (Å²) in [7, 11) is -1.35. The van der Waals surface area contributed by atoms with Gasteiger partial charge >= 0.3 is 13.2 Å². The van der Waals surface area contributed by atoms with Crippen molar-refractivity contribution in [2.45, 2.75) is 85.2 Å². The molecule has 8 heteroatoms. The predicted octanol–water partition coefficient (Wildman–Crippen LogP) is 4.55. The number of likely N-dealkylation sites (tertiary alicyclic amines) is 1. The summed E-state index contributed by atoms with van der Waals surface area (Å²) in [6, 6.07) is 16.6. The predicted molar refractivity (Wildman–Crippen MR) is 167 cm³/mol. The molecular formula is C33H51BN2O5. The molecule has 0 radical (unpaired) electrons. The highest BCUT2D eigenvalue weighted by Gasteiger charge is 2.33. The lowest BCUT2D eigenvalue weighted by Gasteiger charge is -2.36. The van der Waals surface area contributed by atoms with Gasteiger partial charge in [0.15, 0.2) is 0 Å². The van der Waals surface area contributed by atoms with Crippen LogP contribution in [0.3, 0.4) is 0 Å². The summed E-state index contributed by atoms with van der Waals surface area (Å²) in [5.41, 5.74) is 4.35. The van der Waals surface area contributed by atoms with E-state index < -0.39 is 12.7 Å². The van der Waals surface area contributed by atoms with Crippen molar-refractivity contribution < 1.29 is 24.4 Å². The van der Waals surface area contributed by atoms with Crippen LogP contribution in [0.5, 0.6) is 0 Å². The monoisotopic (exact) mass is 566 g/mol. The molecule has 0 aromatic heterocycles. The minimum atomic E-state index is -1.35. The van der Waals surface area contributed by atoms with Crippen LogP contribution in [0, 0.1) is 11.8 Å². The van der Waals surface area contributed by atoms with E-state index >= 15 is 0 Å². The normalized spacial score (nSPS) is 14.9. The van der Waals surface area contributed by atoms with Gasteiger partial charge in [0.25, 0.3) is 0 Å². The van der Waals surface area contributed by atoms with Crippen LogP contribution in [0.25, 0.3) is 0 Å². The quantitative estimate of drug-likeness (QED) is 0.288. The Balaban J connectivity index is 0.000000216. The molecule has 3 N–H and O–H groups in total. The number of ether oxygens (including phenoxy) is 1. The molecule has 7 nitrogen and oxygen atoms in total.